The van der Waals surface area contributed by atoms with Gasteiger partial charge in [0.15, 0.2) is 9.84 Å². The molecule has 4 rings (SSSR count). The Morgan fingerprint density at radius 3 is 2.57 bits per heavy atom. The lowest BCUT2D eigenvalue weighted by Gasteiger charge is -2.27. The average Bonchev–Trinajstić information content (AvgIpc) is 3.08. The van der Waals surface area contributed by atoms with Gasteiger partial charge in [-0.25, -0.2) is 13.2 Å². The van der Waals surface area contributed by atoms with Gasteiger partial charge in [-0.15, -0.1) is 0 Å². The van der Waals surface area contributed by atoms with Gasteiger partial charge in [-0.2, -0.15) is 0 Å². The van der Waals surface area contributed by atoms with E-state index in [0.29, 0.717) is 29.0 Å². The van der Waals surface area contributed by atoms with Gasteiger partial charge in [0.05, 0.1) is 18.4 Å². The van der Waals surface area contributed by atoms with Crippen molar-refractivity contribution < 1.29 is 22.4 Å². The van der Waals surface area contributed by atoms with Gasteiger partial charge in [0.2, 0.25) is 0 Å². The molecule has 1 atom stereocenters. The van der Waals surface area contributed by atoms with Crippen molar-refractivity contribution in [2.24, 2.45) is 0 Å². The third-order valence-corrected chi connectivity index (χ3v) is 6.14. The highest BCUT2D eigenvalue weighted by Crippen LogP contribution is 2.27. The van der Waals surface area contributed by atoms with Crippen molar-refractivity contribution in [3.05, 3.63) is 82.1 Å². The number of ether oxygens (including phenoxy) is 1. The van der Waals surface area contributed by atoms with Crippen LogP contribution in [-0.4, -0.2) is 32.7 Å². The monoisotopic (exact) mass is 425 g/mol. The fraction of sp³-hybridized carbons (Fsp3) is 0.182. The second-order valence-corrected chi connectivity index (χ2v) is 8.74. The number of amides is 1. The summed E-state index contributed by atoms with van der Waals surface area (Å²) in [5.41, 5.74) is -0.127. The molecule has 1 aliphatic heterocycles. The minimum absolute atomic E-state index is 0.166. The van der Waals surface area contributed by atoms with Crippen molar-refractivity contribution >= 4 is 32.4 Å². The first kappa shape index (κ1) is 19.9. The fourth-order valence-corrected chi connectivity index (χ4v) is 4.66. The first-order valence-electron chi connectivity index (χ1n) is 9.38. The Balaban J connectivity index is 1.79. The largest absolute Gasteiger partial charge is 0.494 e. The Bertz CT molecular complexity index is 1290. The molecule has 0 N–H and O–H groups in total. The molecule has 30 heavy (non-hydrogen) atoms. The summed E-state index contributed by atoms with van der Waals surface area (Å²) in [5, 5.41) is 1.69. The summed E-state index contributed by atoms with van der Waals surface area (Å²) in [6, 6.07) is 14.3. The van der Waals surface area contributed by atoms with E-state index in [1.54, 1.807) is 48.5 Å². The highest BCUT2D eigenvalue weighted by Gasteiger charge is 2.33. The van der Waals surface area contributed by atoms with Gasteiger partial charge in [-0.05, 0) is 49.4 Å². The molecule has 1 aromatic heterocycles. The van der Waals surface area contributed by atoms with E-state index >= 15 is 0 Å². The van der Waals surface area contributed by atoms with Crippen LogP contribution < -0.4 is 15.3 Å². The van der Waals surface area contributed by atoms with E-state index < -0.39 is 27.4 Å². The van der Waals surface area contributed by atoms with Crippen LogP contribution in [0.15, 0.2) is 75.3 Å². The van der Waals surface area contributed by atoms with E-state index in [1.807, 2.05) is 6.92 Å². The van der Waals surface area contributed by atoms with Gasteiger partial charge in [-0.1, -0.05) is 18.2 Å². The molecule has 0 spiro atoms. The Morgan fingerprint density at radius 2 is 1.90 bits per heavy atom. The number of carbonyl (C=O) groups excluding carboxylic acids is 1. The van der Waals surface area contributed by atoms with Crippen molar-refractivity contribution in [2.45, 2.75) is 13.0 Å². The number of hydrogen-bond donors (Lipinski definition) is 0. The fourth-order valence-electron chi connectivity index (χ4n) is 3.39. The van der Waals surface area contributed by atoms with Gasteiger partial charge >= 0.3 is 5.63 Å². The second-order valence-electron chi connectivity index (χ2n) is 6.81. The van der Waals surface area contributed by atoms with Gasteiger partial charge in [0.25, 0.3) is 5.91 Å². The van der Waals surface area contributed by atoms with Crippen molar-refractivity contribution in [1.82, 2.24) is 0 Å². The zero-order chi connectivity index (χ0) is 21.3. The molecule has 1 aliphatic rings. The minimum atomic E-state index is -3.43. The molecule has 0 bridgehead atoms. The number of nitrogens with zero attached hydrogens (tertiary/aromatic N) is 1. The van der Waals surface area contributed by atoms with Crippen LogP contribution in [0.5, 0.6) is 5.75 Å². The number of anilines is 1. The van der Waals surface area contributed by atoms with Crippen molar-refractivity contribution in [3.8, 4) is 5.75 Å². The smallest absolute Gasteiger partial charge is 0.349 e. The van der Waals surface area contributed by atoms with Crippen LogP contribution in [0.3, 0.4) is 0 Å². The molecule has 0 saturated carbocycles. The topological polar surface area (TPSA) is 93.9 Å². The average molecular weight is 425 g/mol. The molecule has 0 radical (unpaired) electrons. The maximum absolute atomic E-state index is 13.4. The van der Waals surface area contributed by atoms with Crippen molar-refractivity contribution in [1.29, 1.82) is 0 Å². The number of benzene rings is 2. The van der Waals surface area contributed by atoms with Gasteiger partial charge in [0, 0.05) is 16.5 Å². The van der Waals surface area contributed by atoms with Gasteiger partial charge < -0.3 is 14.1 Å². The number of sulfone groups is 1. The summed E-state index contributed by atoms with van der Waals surface area (Å²) in [6.07, 6.45) is 1.45. The normalized spacial score (nSPS) is 17.2. The lowest BCUT2D eigenvalue weighted by Crippen LogP contribution is -2.42. The summed E-state index contributed by atoms with van der Waals surface area (Å²) in [6.45, 7) is 2.35. The number of fused-ring (bicyclic) bond motifs is 1. The Morgan fingerprint density at radius 1 is 1.17 bits per heavy atom. The molecule has 3 aromatic rings. The van der Waals surface area contributed by atoms with Crippen LogP contribution in [0.1, 0.15) is 17.3 Å². The SMILES string of the molecule is CCOc1ccc(N(C(=O)c2cc3ccccc3oc2=O)[C@H]2C=CS(=O)(=O)C2)cc1. The molecule has 0 fully saturated rings. The Hall–Kier alpha value is -3.39. The van der Waals surface area contributed by atoms with E-state index in [4.69, 9.17) is 9.15 Å². The molecule has 0 aliphatic carbocycles. The van der Waals surface area contributed by atoms with Crippen LogP contribution in [0.4, 0.5) is 5.69 Å². The third-order valence-electron chi connectivity index (χ3n) is 4.76. The highest BCUT2D eigenvalue weighted by molar-refractivity contribution is 7.94. The minimum Gasteiger partial charge on any atom is -0.494 e. The molecule has 2 aromatic carbocycles. The lowest BCUT2D eigenvalue weighted by molar-refractivity contribution is 0.0979. The summed E-state index contributed by atoms with van der Waals surface area (Å²) < 4.78 is 34.7. The van der Waals surface area contributed by atoms with Crippen LogP contribution in [0.2, 0.25) is 0 Å². The first-order valence-corrected chi connectivity index (χ1v) is 11.1. The molecule has 2 heterocycles. The summed E-state index contributed by atoms with van der Waals surface area (Å²) >= 11 is 0. The molecule has 0 unspecified atom stereocenters. The number of carbonyl (C=O) groups is 1. The van der Waals surface area contributed by atoms with Gasteiger partial charge in [-0.3, -0.25) is 4.79 Å². The van der Waals surface area contributed by atoms with Crippen molar-refractivity contribution in [3.63, 3.8) is 0 Å². The van der Waals surface area contributed by atoms with Crippen LogP contribution >= 0.6 is 0 Å². The second kappa shape index (κ2) is 7.79. The lowest BCUT2D eigenvalue weighted by atomic mass is 10.1. The number of rotatable bonds is 5. The molecule has 154 valence electrons. The third kappa shape index (κ3) is 3.86. The maximum atomic E-state index is 13.4. The predicted octanol–water partition coefficient (Wildman–Crippen LogP) is 3.15. The van der Waals surface area contributed by atoms with E-state index in [1.165, 1.54) is 17.0 Å². The summed E-state index contributed by atoms with van der Waals surface area (Å²) in [5.74, 6) is -0.274. The molecular weight excluding hydrogens is 406 g/mol. The number of para-hydroxylation sites is 1. The Labute approximate surface area is 173 Å². The maximum Gasteiger partial charge on any atom is 0.349 e. The molecule has 8 heteroatoms. The van der Waals surface area contributed by atoms with Crippen molar-refractivity contribution in [2.75, 3.05) is 17.3 Å². The van der Waals surface area contributed by atoms with E-state index in [0.717, 1.165) is 5.41 Å². The predicted molar refractivity (Wildman–Crippen MR) is 114 cm³/mol. The molecular formula is C22H19NO6S. The summed E-state index contributed by atoms with van der Waals surface area (Å²) in [4.78, 5) is 27.2. The van der Waals surface area contributed by atoms with Gasteiger partial charge in [0.1, 0.15) is 16.9 Å². The quantitative estimate of drug-likeness (QED) is 0.583. The van der Waals surface area contributed by atoms with Crippen LogP contribution in [-0.2, 0) is 9.84 Å². The standard InChI is InChI=1S/C22H19NO6S/c1-2-28-18-9-7-16(8-10-18)23(17-11-12-30(26,27)14-17)21(24)19-13-15-5-3-4-6-20(15)29-22(19)25/h3-13,17H,2,14H2,1H3/t17-/m0/s1. The summed E-state index contributed by atoms with van der Waals surface area (Å²) in [7, 11) is -3.43. The molecule has 0 saturated heterocycles. The van der Waals surface area contributed by atoms with E-state index in [2.05, 4.69) is 0 Å². The van der Waals surface area contributed by atoms with Crippen LogP contribution in [0.25, 0.3) is 11.0 Å². The zero-order valence-electron chi connectivity index (χ0n) is 16.1. The highest BCUT2D eigenvalue weighted by atomic mass is 32.2. The molecule has 7 nitrogen and oxygen atoms in total. The Kier molecular flexibility index (Phi) is 5.17. The number of hydrogen-bond acceptors (Lipinski definition) is 6. The molecule has 1 amide bonds. The first-order chi connectivity index (χ1) is 14.4. The van der Waals surface area contributed by atoms with E-state index in [-0.39, 0.29) is 11.3 Å². The zero-order valence-corrected chi connectivity index (χ0v) is 17.0. The van der Waals surface area contributed by atoms with Crippen LogP contribution in [0, 0.1) is 0 Å². The van der Waals surface area contributed by atoms with E-state index in [9.17, 15) is 18.0 Å².